The van der Waals surface area contributed by atoms with E-state index < -0.39 is 29.1 Å². The minimum absolute atomic E-state index is 0.0369. The first-order chi connectivity index (χ1) is 14.5. The summed E-state index contributed by atoms with van der Waals surface area (Å²) in [6.45, 7) is 5.00. The minimum atomic E-state index is -0.907. The quantitative estimate of drug-likeness (QED) is 0.466. The average Bonchev–Trinajstić information content (AvgIpc) is 2.92. The highest BCUT2D eigenvalue weighted by atomic mass is 35.5. The van der Waals surface area contributed by atoms with Crippen LogP contribution in [-0.2, 0) is 4.74 Å². The van der Waals surface area contributed by atoms with Crippen molar-refractivity contribution in [3.05, 3.63) is 63.2 Å². The first-order valence-electron chi connectivity index (χ1n) is 9.26. The van der Waals surface area contributed by atoms with E-state index in [2.05, 4.69) is 10.3 Å². The summed E-state index contributed by atoms with van der Waals surface area (Å²) < 4.78 is 6.25. The van der Waals surface area contributed by atoms with Gasteiger partial charge < -0.3 is 10.1 Å². The highest BCUT2D eigenvalue weighted by Crippen LogP contribution is 2.29. The number of imide groups is 1. The monoisotopic (exact) mass is 440 g/mol. The topological polar surface area (TPSA) is 119 Å². The van der Waals surface area contributed by atoms with E-state index in [1.54, 1.807) is 32.9 Å². The number of hydrogen-bond donors (Lipinski definition) is 2. The first-order valence-corrected chi connectivity index (χ1v) is 9.64. The van der Waals surface area contributed by atoms with Crippen LogP contribution in [0.3, 0.4) is 0 Å². The van der Waals surface area contributed by atoms with Crippen molar-refractivity contribution in [2.75, 3.05) is 5.32 Å². The molecule has 0 radical (unpaired) electrons. The minimum Gasteiger partial charge on any atom is -0.443 e. The lowest BCUT2D eigenvalue weighted by Crippen LogP contribution is -2.38. The van der Waals surface area contributed by atoms with E-state index in [9.17, 15) is 19.2 Å². The van der Waals surface area contributed by atoms with Crippen molar-refractivity contribution in [2.45, 2.75) is 26.4 Å². The van der Waals surface area contributed by atoms with Gasteiger partial charge in [0.15, 0.2) is 5.82 Å². The maximum atomic E-state index is 12.9. The fourth-order valence-corrected chi connectivity index (χ4v) is 3.37. The second-order valence-electron chi connectivity index (χ2n) is 7.88. The number of fused-ring (bicyclic) bond motifs is 4. The fourth-order valence-electron chi connectivity index (χ4n) is 3.20. The molecule has 1 aliphatic rings. The lowest BCUT2D eigenvalue weighted by molar-refractivity contribution is 0.0551. The molecule has 0 saturated carbocycles. The van der Waals surface area contributed by atoms with Crippen LogP contribution in [0.25, 0.3) is 16.6 Å². The molecule has 1 aliphatic heterocycles. The molecule has 0 unspecified atom stereocenters. The van der Waals surface area contributed by atoms with Gasteiger partial charge in [0.2, 0.25) is 5.78 Å². The molecule has 2 heterocycles. The molecule has 0 bridgehead atoms. The van der Waals surface area contributed by atoms with Crippen LogP contribution in [0.15, 0.2) is 41.2 Å². The number of anilines is 1. The molecule has 10 heteroatoms. The number of carbonyl (C=O) groups excluding carboxylic acids is 3. The van der Waals surface area contributed by atoms with Gasteiger partial charge in [-0.1, -0.05) is 11.6 Å². The number of urea groups is 1. The SMILES string of the molecule is CC(C)(C)OC(=O)NC(=O)Nc1ccc2c(c1)C(=O)c1nc3cc(Cl)ccc3c(=O)n1-2. The van der Waals surface area contributed by atoms with Crippen LogP contribution in [0.2, 0.25) is 5.02 Å². The molecule has 3 amide bonds. The van der Waals surface area contributed by atoms with Gasteiger partial charge in [-0.05, 0) is 57.2 Å². The van der Waals surface area contributed by atoms with Crippen molar-refractivity contribution >= 4 is 46.1 Å². The van der Waals surface area contributed by atoms with E-state index in [0.29, 0.717) is 21.6 Å². The number of nitrogens with one attached hydrogen (secondary N) is 2. The van der Waals surface area contributed by atoms with Crippen molar-refractivity contribution in [1.29, 1.82) is 0 Å². The van der Waals surface area contributed by atoms with Gasteiger partial charge in [0, 0.05) is 10.7 Å². The molecular formula is C21H17ClN4O5. The Morgan fingerprint density at radius 3 is 2.55 bits per heavy atom. The predicted molar refractivity (Wildman–Crippen MR) is 114 cm³/mol. The Labute approximate surface area is 181 Å². The molecule has 0 aliphatic carbocycles. The van der Waals surface area contributed by atoms with Gasteiger partial charge in [-0.2, -0.15) is 0 Å². The molecule has 4 rings (SSSR count). The smallest absolute Gasteiger partial charge is 0.415 e. The number of ketones is 1. The summed E-state index contributed by atoms with van der Waals surface area (Å²) in [5.41, 5.74) is -0.0354. The number of hydrogen-bond acceptors (Lipinski definition) is 6. The van der Waals surface area contributed by atoms with E-state index in [4.69, 9.17) is 16.3 Å². The summed E-state index contributed by atoms with van der Waals surface area (Å²) in [4.78, 5) is 53.9. The first kappa shape index (κ1) is 20.5. The summed E-state index contributed by atoms with van der Waals surface area (Å²) in [6, 6.07) is 8.27. The molecule has 2 N–H and O–H groups in total. The van der Waals surface area contributed by atoms with Crippen LogP contribution in [0, 0.1) is 0 Å². The van der Waals surface area contributed by atoms with E-state index in [-0.39, 0.29) is 17.1 Å². The highest BCUT2D eigenvalue weighted by molar-refractivity contribution is 6.31. The zero-order chi connectivity index (χ0) is 22.5. The summed E-state index contributed by atoms with van der Waals surface area (Å²) >= 11 is 5.98. The third-order valence-corrected chi connectivity index (χ3v) is 4.62. The number of carbonyl (C=O) groups is 3. The van der Waals surface area contributed by atoms with E-state index in [1.165, 1.54) is 28.8 Å². The third-order valence-electron chi connectivity index (χ3n) is 4.39. The second kappa shape index (κ2) is 7.21. The number of amides is 3. The highest BCUT2D eigenvalue weighted by Gasteiger charge is 2.31. The lowest BCUT2D eigenvalue weighted by Gasteiger charge is -2.19. The Morgan fingerprint density at radius 1 is 1.10 bits per heavy atom. The molecule has 9 nitrogen and oxygen atoms in total. The zero-order valence-electron chi connectivity index (χ0n) is 16.8. The number of aromatic nitrogens is 2. The van der Waals surface area contributed by atoms with Crippen LogP contribution in [0.4, 0.5) is 15.3 Å². The molecule has 0 saturated heterocycles. The molecule has 2 aromatic carbocycles. The Bertz CT molecular complexity index is 1340. The molecule has 3 aromatic rings. The normalized spacial score (nSPS) is 12.3. The summed E-state index contributed by atoms with van der Waals surface area (Å²) in [7, 11) is 0. The molecule has 1 aromatic heterocycles. The van der Waals surface area contributed by atoms with Gasteiger partial charge in [-0.15, -0.1) is 0 Å². The van der Waals surface area contributed by atoms with Crippen molar-refractivity contribution in [2.24, 2.45) is 0 Å². The second-order valence-corrected chi connectivity index (χ2v) is 8.32. The van der Waals surface area contributed by atoms with Gasteiger partial charge in [0.1, 0.15) is 5.60 Å². The van der Waals surface area contributed by atoms with Gasteiger partial charge >= 0.3 is 12.1 Å². The summed E-state index contributed by atoms with van der Waals surface area (Å²) in [6.07, 6.45) is -0.907. The van der Waals surface area contributed by atoms with Crippen molar-refractivity contribution < 1.29 is 19.1 Å². The number of ether oxygens (including phenoxy) is 1. The summed E-state index contributed by atoms with van der Waals surface area (Å²) in [5, 5.41) is 5.23. The number of alkyl carbamates (subject to hydrolysis) is 1. The van der Waals surface area contributed by atoms with Crippen molar-refractivity contribution in [3.63, 3.8) is 0 Å². The largest absolute Gasteiger partial charge is 0.443 e. The van der Waals surface area contributed by atoms with Crippen molar-refractivity contribution in [1.82, 2.24) is 14.9 Å². The fraction of sp³-hybridized carbons (Fsp3) is 0.190. The van der Waals surface area contributed by atoms with Crippen LogP contribution in [0.1, 0.15) is 37.0 Å². The number of rotatable bonds is 1. The Morgan fingerprint density at radius 2 is 1.84 bits per heavy atom. The Balaban J connectivity index is 1.63. The molecule has 0 spiro atoms. The Hall–Kier alpha value is -3.72. The van der Waals surface area contributed by atoms with E-state index >= 15 is 0 Å². The molecule has 31 heavy (non-hydrogen) atoms. The van der Waals surface area contributed by atoms with Crippen LogP contribution in [-0.4, -0.2) is 33.1 Å². The summed E-state index contributed by atoms with van der Waals surface area (Å²) in [5.74, 6) is -0.504. The van der Waals surface area contributed by atoms with Gasteiger partial charge in [-0.25, -0.2) is 19.9 Å². The molecule has 158 valence electrons. The molecule has 0 fully saturated rings. The number of benzene rings is 2. The lowest BCUT2D eigenvalue weighted by atomic mass is 10.1. The maximum absolute atomic E-state index is 12.9. The Kier molecular flexibility index (Phi) is 4.78. The zero-order valence-corrected chi connectivity index (χ0v) is 17.5. The average molecular weight is 441 g/mol. The van der Waals surface area contributed by atoms with Gasteiger partial charge in [0.05, 0.1) is 22.2 Å². The van der Waals surface area contributed by atoms with E-state index in [0.717, 1.165) is 0 Å². The third kappa shape index (κ3) is 3.87. The molecule has 0 atom stereocenters. The standard InChI is InChI=1S/C21H17ClN4O5/c1-21(2,3)31-20(30)25-19(29)23-11-5-7-15-13(9-11)16(27)17-24-14-8-10(22)4-6-12(14)18(28)26(15)17/h4-9H,1-3H3,(H2,23,25,29,30). The maximum Gasteiger partial charge on any atom is 0.415 e. The van der Waals surface area contributed by atoms with Crippen LogP contribution in [0.5, 0.6) is 0 Å². The predicted octanol–water partition coefficient (Wildman–Crippen LogP) is 3.64. The van der Waals surface area contributed by atoms with Crippen LogP contribution >= 0.6 is 11.6 Å². The van der Waals surface area contributed by atoms with E-state index in [1.807, 2.05) is 5.32 Å². The number of nitrogens with zero attached hydrogens (tertiary/aromatic N) is 2. The van der Waals surface area contributed by atoms with Crippen molar-refractivity contribution in [3.8, 4) is 5.69 Å². The number of halogens is 1. The molecular weight excluding hydrogens is 424 g/mol. The van der Waals surface area contributed by atoms with Gasteiger partial charge in [0.25, 0.3) is 5.56 Å². The van der Waals surface area contributed by atoms with Crippen LogP contribution < -0.4 is 16.2 Å². The van der Waals surface area contributed by atoms with Gasteiger partial charge in [-0.3, -0.25) is 14.2 Å².